The van der Waals surface area contributed by atoms with Crippen molar-refractivity contribution in [2.24, 2.45) is 0 Å². The fourth-order valence-corrected chi connectivity index (χ4v) is 3.10. The highest BCUT2D eigenvalue weighted by atomic mass is 15.1. The van der Waals surface area contributed by atoms with Crippen molar-refractivity contribution in [1.82, 2.24) is 10.2 Å². The molecule has 1 saturated carbocycles. The zero-order valence-corrected chi connectivity index (χ0v) is 13.7. The van der Waals surface area contributed by atoms with E-state index in [2.05, 4.69) is 77.8 Å². The molecule has 0 bridgehead atoms. The van der Waals surface area contributed by atoms with Crippen LogP contribution in [0.4, 0.5) is 0 Å². The fourth-order valence-electron chi connectivity index (χ4n) is 3.10. The maximum atomic E-state index is 5.36. The van der Waals surface area contributed by atoms with Gasteiger partial charge in [0, 0.05) is 25.0 Å². The van der Waals surface area contributed by atoms with Crippen LogP contribution in [0.2, 0.25) is 0 Å². The van der Waals surface area contributed by atoms with Gasteiger partial charge in [-0.3, -0.25) is 4.90 Å². The van der Waals surface area contributed by atoms with Gasteiger partial charge < -0.3 is 5.32 Å². The molecule has 2 nitrogen and oxygen atoms in total. The molecule has 0 spiro atoms. The fraction of sp³-hybridized carbons (Fsp3) is 0.333. The third-order valence-corrected chi connectivity index (χ3v) is 4.39. The van der Waals surface area contributed by atoms with Gasteiger partial charge in [-0.25, -0.2) is 0 Å². The predicted octanol–water partition coefficient (Wildman–Crippen LogP) is 3.40. The van der Waals surface area contributed by atoms with E-state index in [-0.39, 0.29) is 0 Å². The molecule has 2 aromatic carbocycles. The van der Waals surface area contributed by atoms with Gasteiger partial charge in [0.25, 0.3) is 0 Å². The maximum Gasteiger partial charge on any atom is 0.0599 e. The van der Waals surface area contributed by atoms with Crippen molar-refractivity contribution in [3.63, 3.8) is 0 Å². The van der Waals surface area contributed by atoms with Crippen LogP contribution >= 0.6 is 0 Å². The molecular weight excluding hydrogens is 280 g/mol. The summed E-state index contributed by atoms with van der Waals surface area (Å²) in [5.74, 6) is 3.37. The second-order valence-electron chi connectivity index (χ2n) is 6.44. The quantitative estimate of drug-likeness (QED) is 0.789. The highest BCUT2D eigenvalue weighted by Crippen LogP contribution is 2.40. The van der Waals surface area contributed by atoms with E-state index in [1.54, 1.807) is 0 Å². The van der Waals surface area contributed by atoms with Crippen LogP contribution < -0.4 is 5.32 Å². The van der Waals surface area contributed by atoms with Crippen LogP contribution in [-0.2, 0) is 13.1 Å². The van der Waals surface area contributed by atoms with Gasteiger partial charge in [-0.05, 0) is 30.2 Å². The van der Waals surface area contributed by atoms with Crippen LogP contribution in [0.3, 0.4) is 0 Å². The second kappa shape index (κ2) is 7.46. The Bertz CT molecular complexity index is 672. The lowest BCUT2D eigenvalue weighted by Crippen LogP contribution is -2.19. The van der Waals surface area contributed by atoms with Crippen molar-refractivity contribution in [3.8, 4) is 12.3 Å². The van der Waals surface area contributed by atoms with Gasteiger partial charge in [0.15, 0.2) is 0 Å². The Morgan fingerprint density at radius 3 is 2.70 bits per heavy atom. The molecule has 0 aliphatic heterocycles. The van der Waals surface area contributed by atoms with Crippen LogP contribution in [0.25, 0.3) is 0 Å². The summed E-state index contributed by atoms with van der Waals surface area (Å²) < 4.78 is 0. The Hall–Kier alpha value is -2.08. The summed E-state index contributed by atoms with van der Waals surface area (Å²) >= 11 is 0. The topological polar surface area (TPSA) is 15.3 Å². The zero-order chi connectivity index (χ0) is 16.1. The molecule has 0 aromatic heterocycles. The summed E-state index contributed by atoms with van der Waals surface area (Å²) in [6, 6.07) is 20.2. The van der Waals surface area contributed by atoms with Crippen LogP contribution in [0.5, 0.6) is 0 Å². The van der Waals surface area contributed by atoms with Crippen LogP contribution in [0.15, 0.2) is 54.6 Å². The van der Waals surface area contributed by atoms with Gasteiger partial charge in [-0.15, -0.1) is 6.42 Å². The molecule has 1 aliphatic carbocycles. The first-order chi connectivity index (χ1) is 11.3. The number of rotatable bonds is 7. The van der Waals surface area contributed by atoms with Crippen molar-refractivity contribution in [3.05, 3.63) is 71.3 Å². The first-order valence-corrected chi connectivity index (χ1v) is 8.24. The molecule has 2 atom stereocenters. The van der Waals surface area contributed by atoms with Crippen molar-refractivity contribution in [1.29, 1.82) is 0 Å². The van der Waals surface area contributed by atoms with Crippen LogP contribution in [0, 0.1) is 12.3 Å². The summed E-state index contributed by atoms with van der Waals surface area (Å²) in [5.41, 5.74) is 4.11. The highest BCUT2D eigenvalue weighted by molar-refractivity contribution is 5.28. The average Bonchev–Trinajstić information content (AvgIpc) is 3.34. The second-order valence-corrected chi connectivity index (χ2v) is 6.44. The normalized spacial score (nSPS) is 19.5. The van der Waals surface area contributed by atoms with Crippen LogP contribution in [0.1, 0.15) is 29.0 Å². The Morgan fingerprint density at radius 1 is 1.13 bits per heavy atom. The Kier molecular flexibility index (Phi) is 5.12. The third-order valence-electron chi connectivity index (χ3n) is 4.39. The van der Waals surface area contributed by atoms with E-state index in [0.29, 0.717) is 18.5 Å². The lowest BCUT2D eigenvalue weighted by Gasteiger charge is -2.14. The van der Waals surface area contributed by atoms with Crippen molar-refractivity contribution in [2.45, 2.75) is 31.5 Å². The molecule has 2 heteroatoms. The van der Waals surface area contributed by atoms with Crippen molar-refractivity contribution < 1.29 is 0 Å². The highest BCUT2D eigenvalue weighted by Gasteiger charge is 2.37. The molecule has 0 radical (unpaired) electrons. The zero-order valence-electron chi connectivity index (χ0n) is 13.7. The number of hydrogen-bond donors (Lipinski definition) is 1. The van der Waals surface area contributed by atoms with Crippen molar-refractivity contribution >= 4 is 0 Å². The van der Waals surface area contributed by atoms with Gasteiger partial charge >= 0.3 is 0 Å². The Labute approximate surface area is 139 Å². The molecule has 0 unspecified atom stereocenters. The number of nitrogens with zero attached hydrogens (tertiary/aromatic N) is 1. The summed E-state index contributed by atoms with van der Waals surface area (Å²) in [4.78, 5) is 2.15. The predicted molar refractivity (Wildman–Crippen MR) is 96.0 cm³/mol. The van der Waals surface area contributed by atoms with E-state index in [1.165, 1.54) is 23.1 Å². The van der Waals surface area contributed by atoms with Gasteiger partial charge in [0.2, 0.25) is 0 Å². The van der Waals surface area contributed by atoms with Crippen LogP contribution in [-0.4, -0.2) is 24.5 Å². The molecule has 1 N–H and O–H groups in total. The largest absolute Gasteiger partial charge is 0.309 e. The smallest absolute Gasteiger partial charge is 0.0599 e. The Morgan fingerprint density at radius 2 is 1.91 bits per heavy atom. The van der Waals surface area contributed by atoms with Gasteiger partial charge in [0.1, 0.15) is 0 Å². The van der Waals surface area contributed by atoms with Crippen molar-refractivity contribution in [2.75, 3.05) is 13.6 Å². The van der Waals surface area contributed by atoms with E-state index in [0.717, 1.165) is 13.1 Å². The van der Waals surface area contributed by atoms with E-state index < -0.39 is 0 Å². The van der Waals surface area contributed by atoms with Gasteiger partial charge in [-0.1, -0.05) is 60.5 Å². The molecule has 0 amide bonds. The third kappa shape index (κ3) is 4.45. The minimum atomic E-state index is 0.616. The molecular formula is C21H24N2. The lowest BCUT2D eigenvalue weighted by atomic mass is 10.1. The SMILES string of the molecule is C#CCN(C)Cc1cccc(CN[C@@H]2C[C@H]2c2ccccc2)c1. The maximum absolute atomic E-state index is 5.36. The minimum absolute atomic E-state index is 0.616. The molecule has 0 heterocycles. The first-order valence-electron chi connectivity index (χ1n) is 8.24. The van der Waals surface area contributed by atoms with E-state index in [4.69, 9.17) is 6.42 Å². The number of hydrogen-bond acceptors (Lipinski definition) is 2. The average molecular weight is 304 g/mol. The summed E-state index contributed by atoms with van der Waals surface area (Å²) in [6.07, 6.45) is 6.60. The molecule has 2 aromatic rings. The number of benzene rings is 2. The lowest BCUT2D eigenvalue weighted by molar-refractivity contribution is 0.369. The number of nitrogens with one attached hydrogen (secondary N) is 1. The molecule has 1 fully saturated rings. The molecule has 23 heavy (non-hydrogen) atoms. The minimum Gasteiger partial charge on any atom is -0.309 e. The molecule has 0 saturated heterocycles. The summed E-state index contributed by atoms with van der Waals surface area (Å²) in [5, 5.41) is 3.68. The van der Waals surface area contributed by atoms with E-state index in [1.807, 2.05) is 0 Å². The summed E-state index contributed by atoms with van der Waals surface area (Å²) in [7, 11) is 2.05. The summed E-state index contributed by atoms with van der Waals surface area (Å²) in [6.45, 7) is 2.51. The standard InChI is InChI=1S/C21H24N2/c1-3-12-23(2)16-18-9-7-8-17(13-18)15-22-21-14-20(21)19-10-5-4-6-11-19/h1,4-11,13,20-22H,12,14-16H2,2H3/t20-,21+/m0/s1. The first kappa shape index (κ1) is 15.8. The molecule has 1 aliphatic rings. The van der Waals surface area contributed by atoms with E-state index in [9.17, 15) is 0 Å². The van der Waals surface area contributed by atoms with Gasteiger partial charge in [-0.2, -0.15) is 0 Å². The molecule has 3 rings (SSSR count). The Balaban J connectivity index is 1.51. The number of terminal acetylenes is 1. The monoisotopic (exact) mass is 304 g/mol. The van der Waals surface area contributed by atoms with E-state index >= 15 is 0 Å². The van der Waals surface area contributed by atoms with Gasteiger partial charge in [0.05, 0.1) is 6.54 Å². The molecule has 118 valence electrons.